The monoisotopic (exact) mass is 444 g/mol. The quantitative estimate of drug-likeness (QED) is 0.303. The summed E-state index contributed by atoms with van der Waals surface area (Å²) in [5.41, 5.74) is 0. The number of hydrogen-bond acceptors (Lipinski definition) is 1. The highest BCUT2D eigenvalue weighted by atomic mass is 79.9. The van der Waals surface area contributed by atoms with Crippen molar-refractivity contribution >= 4 is 34.6 Å². The molecule has 2 aromatic carbocycles. The molecule has 0 bridgehead atoms. The normalized spacial score (nSPS) is 12.6. The lowest BCUT2D eigenvalue weighted by Crippen LogP contribution is -2.66. The molecule has 0 aliphatic rings. The van der Waals surface area contributed by atoms with Gasteiger partial charge in [-0.2, -0.15) is 0 Å². The number of rotatable bonds is 10. The van der Waals surface area contributed by atoms with Crippen molar-refractivity contribution in [2.24, 2.45) is 0 Å². The maximum atomic E-state index is 6.91. The molecule has 0 N–H and O–H groups in total. The lowest BCUT2D eigenvalue weighted by atomic mass is 10.1. The van der Waals surface area contributed by atoms with Crippen LogP contribution in [0.1, 0.15) is 52.9 Å². The molecule has 27 heavy (non-hydrogen) atoms. The lowest BCUT2D eigenvalue weighted by molar-refractivity contribution is 0.286. The van der Waals surface area contributed by atoms with E-state index in [1.165, 1.54) is 29.6 Å². The molecule has 0 spiro atoms. The molecule has 0 saturated heterocycles. The first kappa shape index (κ1) is 22.1. The van der Waals surface area contributed by atoms with Crippen LogP contribution in [0.5, 0.6) is 0 Å². The van der Waals surface area contributed by atoms with E-state index in [9.17, 15) is 0 Å². The van der Waals surface area contributed by atoms with Gasteiger partial charge in [-0.1, -0.05) is 116 Å². The molecule has 2 rings (SSSR count). The van der Waals surface area contributed by atoms with Crippen LogP contribution in [0.4, 0.5) is 0 Å². The molecular formula is C24H33BrOSi. The van der Waals surface area contributed by atoms with Crippen molar-refractivity contribution in [3.05, 3.63) is 71.7 Å². The van der Waals surface area contributed by atoms with E-state index >= 15 is 0 Å². The first-order valence-corrected chi connectivity index (χ1v) is 12.8. The van der Waals surface area contributed by atoms with Crippen molar-refractivity contribution in [1.29, 1.82) is 0 Å². The van der Waals surface area contributed by atoms with E-state index < -0.39 is 8.32 Å². The van der Waals surface area contributed by atoms with Crippen LogP contribution in [-0.4, -0.2) is 14.9 Å². The maximum absolute atomic E-state index is 6.91. The van der Waals surface area contributed by atoms with Gasteiger partial charge in [0, 0.05) is 6.61 Å². The Bertz CT molecular complexity index is 637. The van der Waals surface area contributed by atoms with Gasteiger partial charge in [0.15, 0.2) is 0 Å². The van der Waals surface area contributed by atoms with Gasteiger partial charge in [-0.05, 0) is 39.7 Å². The summed E-state index contributed by atoms with van der Waals surface area (Å²) in [5, 5.41) is 2.80. The summed E-state index contributed by atoms with van der Waals surface area (Å²) in [6.45, 7) is 7.85. The van der Waals surface area contributed by atoms with Crippen LogP contribution in [-0.2, 0) is 4.43 Å². The van der Waals surface area contributed by atoms with Crippen molar-refractivity contribution < 1.29 is 4.43 Å². The molecule has 0 atom stereocenters. The largest absolute Gasteiger partial charge is 0.407 e. The average molecular weight is 446 g/mol. The second-order valence-electron chi connectivity index (χ2n) is 8.08. The van der Waals surface area contributed by atoms with Crippen LogP contribution in [0.15, 0.2) is 71.7 Å². The number of allylic oxidation sites excluding steroid dienone is 1. The summed E-state index contributed by atoms with van der Waals surface area (Å²) >= 11 is 3.33. The number of unbranched alkanes of at least 4 members (excludes halogenated alkanes) is 4. The van der Waals surface area contributed by atoms with Gasteiger partial charge in [-0.15, -0.1) is 0 Å². The van der Waals surface area contributed by atoms with Gasteiger partial charge in [-0.3, -0.25) is 0 Å². The Morgan fingerprint density at radius 3 is 1.81 bits per heavy atom. The summed E-state index contributed by atoms with van der Waals surface area (Å²) in [6, 6.07) is 21.8. The molecule has 0 aromatic heterocycles. The molecule has 0 fully saturated rings. The first-order valence-electron chi connectivity index (χ1n) is 10.0. The smallest absolute Gasteiger partial charge is 0.261 e. The Balaban J connectivity index is 2.18. The Morgan fingerprint density at radius 2 is 1.33 bits per heavy atom. The van der Waals surface area contributed by atoms with Gasteiger partial charge in [0.25, 0.3) is 8.32 Å². The van der Waals surface area contributed by atoms with Gasteiger partial charge in [-0.25, -0.2) is 0 Å². The molecule has 1 nitrogen and oxygen atoms in total. The molecule has 2 aromatic rings. The molecule has 0 unspecified atom stereocenters. The zero-order chi connectivity index (χ0) is 19.6. The fourth-order valence-electron chi connectivity index (χ4n) is 3.77. The van der Waals surface area contributed by atoms with E-state index in [1.54, 1.807) is 0 Å². The Morgan fingerprint density at radius 1 is 0.815 bits per heavy atom. The van der Waals surface area contributed by atoms with Crippen molar-refractivity contribution in [2.75, 3.05) is 6.61 Å². The SMILES string of the molecule is CC(C)(C)[Si](OCCCCCC/C=C\Br)(c1ccccc1)c1ccccc1. The predicted octanol–water partition coefficient (Wildman–Crippen LogP) is 6.42. The Kier molecular flexibility index (Phi) is 9.01. The van der Waals surface area contributed by atoms with Crippen molar-refractivity contribution in [1.82, 2.24) is 0 Å². The second kappa shape index (κ2) is 11.0. The van der Waals surface area contributed by atoms with Crippen LogP contribution < -0.4 is 10.4 Å². The summed E-state index contributed by atoms with van der Waals surface area (Å²) in [6.07, 6.45) is 8.21. The standard InChI is InChI=1S/C24H33BrOSi/c1-24(2,3)27(22-16-10-8-11-17-22,23-18-12-9-13-19-23)26-21-15-7-5-4-6-14-20-25/h8-14,16-20H,4-7,15,21H2,1-3H3/b20-14-. The van der Waals surface area contributed by atoms with E-state index in [1.807, 2.05) is 4.99 Å². The zero-order valence-electron chi connectivity index (χ0n) is 17.0. The molecule has 0 radical (unpaired) electrons. The molecule has 0 saturated carbocycles. The van der Waals surface area contributed by atoms with Crippen LogP contribution >= 0.6 is 15.9 Å². The fourth-order valence-corrected chi connectivity index (χ4v) is 8.64. The molecule has 0 aliphatic carbocycles. The highest BCUT2D eigenvalue weighted by molar-refractivity contribution is 9.11. The second-order valence-corrected chi connectivity index (χ2v) is 12.9. The minimum absolute atomic E-state index is 0.0659. The third-order valence-corrected chi connectivity index (χ3v) is 10.5. The third kappa shape index (κ3) is 5.90. The fraction of sp³-hybridized carbons (Fsp3) is 0.417. The Labute approximate surface area is 175 Å². The van der Waals surface area contributed by atoms with Crippen LogP contribution in [0.25, 0.3) is 0 Å². The van der Waals surface area contributed by atoms with Gasteiger partial charge in [0.1, 0.15) is 0 Å². The summed E-state index contributed by atoms with van der Waals surface area (Å²) in [7, 11) is -2.35. The minimum atomic E-state index is -2.35. The zero-order valence-corrected chi connectivity index (χ0v) is 19.5. The summed E-state index contributed by atoms with van der Waals surface area (Å²) in [4.78, 5) is 1.96. The average Bonchev–Trinajstić information content (AvgIpc) is 2.67. The van der Waals surface area contributed by atoms with Crippen LogP contribution in [0, 0.1) is 0 Å². The first-order chi connectivity index (χ1) is 13.0. The molecule has 0 heterocycles. The third-order valence-electron chi connectivity index (χ3n) is 5.09. The minimum Gasteiger partial charge on any atom is -0.407 e. The highest BCUT2D eigenvalue weighted by Gasteiger charge is 2.49. The van der Waals surface area contributed by atoms with E-state index in [4.69, 9.17) is 4.43 Å². The van der Waals surface area contributed by atoms with Gasteiger partial charge < -0.3 is 4.43 Å². The maximum Gasteiger partial charge on any atom is 0.261 e. The number of benzene rings is 2. The van der Waals surface area contributed by atoms with Crippen molar-refractivity contribution in [3.8, 4) is 0 Å². The molecule has 146 valence electrons. The molecule has 0 aliphatic heterocycles. The van der Waals surface area contributed by atoms with E-state index in [0.29, 0.717) is 0 Å². The number of halogens is 1. The lowest BCUT2D eigenvalue weighted by Gasteiger charge is -2.43. The molecule has 0 amide bonds. The van der Waals surface area contributed by atoms with Gasteiger partial charge in [0.2, 0.25) is 0 Å². The van der Waals surface area contributed by atoms with Crippen LogP contribution in [0.2, 0.25) is 5.04 Å². The van der Waals surface area contributed by atoms with Crippen LogP contribution in [0.3, 0.4) is 0 Å². The summed E-state index contributed by atoms with van der Waals surface area (Å²) < 4.78 is 6.91. The van der Waals surface area contributed by atoms with E-state index in [-0.39, 0.29) is 5.04 Å². The van der Waals surface area contributed by atoms with Gasteiger partial charge in [0.05, 0.1) is 0 Å². The predicted molar refractivity (Wildman–Crippen MR) is 125 cm³/mol. The van der Waals surface area contributed by atoms with Crippen molar-refractivity contribution in [2.45, 2.75) is 57.9 Å². The molecule has 3 heteroatoms. The van der Waals surface area contributed by atoms with E-state index in [0.717, 1.165) is 19.4 Å². The highest BCUT2D eigenvalue weighted by Crippen LogP contribution is 2.36. The van der Waals surface area contributed by atoms with E-state index in [2.05, 4.69) is 103 Å². The van der Waals surface area contributed by atoms with Crippen molar-refractivity contribution in [3.63, 3.8) is 0 Å². The topological polar surface area (TPSA) is 9.23 Å². The van der Waals surface area contributed by atoms with Gasteiger partial charge >= 0.3 is 0 Å². The molecular weight excluding hydrogens is 412 g/mol. The number of hydrogen-bond donors (Lipinski definition) is 0. The Hall–Kier alpha value is -1.16. The summed E-state index contributed by atoms with van der Waals surface area (Å²) in [5.74, 6) is 0.